The summed E-state index contributed by atoms with van der Waals surface area (Å²) in [6.07, 6.45) is -3.57. The molecule has 0 bridgehead atoms. The van der Waals surface area contributed by atoms with Crippen LogP contribution in [0.15, 0.2) is 18.2 Å². The Morgan fingerprint density at radius 1 is 1.32 bits per heavy atom. The SMILES string of the molecule is CCC(CC)C(=O)c1cc(OC(F)(F)F)ccc1Cl. The van der Waals surface area contributed by atoms with Crippen LogP contribution in [0.5, 0.6) is 5.75 Å². The third-order valence-electron chi connectivity index (χ3n) is 2.79. The quantitative estimate of drug-likeness (QED) is 0.725. The zero-order valence-corrected chi connectivity index (χ0v) is 11.3. The van der Waals surface area contributed by atoms with E-state index in [0.717, 1.165) is 12.1 Å². The fourth-order valence-corrected chi connectivity index (χ4v) is 1.98. The van der Waals surface area contributed by atoms with Gasteiger partial charge in [-0.1, -0.05) is 25.4 Å². The fraction of sp³-hybridized carbons (Fsp3) is 0.462. The number of alkyl halides is 3. The number of hydrogen-bond donors (Lipinski definition) is 0. The number of benzene rings is 1. The molecule has 0 saturated heterocycles. The zero-order valence-electron chi connectivity index (χ0n) is 10.6. The smallest absolute Gasteiger partial charge is 0.406 e. The standard InChI is InChI=1S/C13H14ClF3O2/c1-3-8(4-2)12(18)10-7-9(5-6-11(10)14)19-13(15,16)17/h5-8H,3-4H2,1-2H3. The van der Waals surface area contributed by atoms with Gasteiger partial charge in [0.15, 0.2) is 5.78 Å². The maximum Gasteiger partial charge on any atom is 0.573 e. The molecule has 0 aliphatic rings. The zero-order chi connectivity index (χ0) is 14.6. The van der Waals surface area contributed by atoms with E-state index in [1.165, 1.54) is 6.07 Å². The summed E-state index contributed by atoms with van der Waals surface area (Å²) in [6.45, 7) is 3.69. The molecular weight excluding hydrogens is 281 g/mol. The van der Waals surface area contributed by atoms with Gasteiger partial charge in [0, 0.05) is 11.5 Å². The second-order valence-electron chi connectivity index (χ2n) is 4.07. The van der Waals surface area contributed by atoms with Crippen LogP contribution in [-0.2, 0) is 0 Å². The van der Waals surface area contributed by atoms with Gasteiger partial charge in [-0.25, -0.2) is 0 Å². The number of carbonyl (C=O) groups is 1. The normalized spacial score (nSPS) is 11.7. The van der Waals surface area contributed by atoms with E-state index in [-0.39, 0.29) is 22.3 Å². The number of rotatable bonds is 5. The Labute approximate surface area is 114 Å². The second-order valence-corrected chi connectivity index (χ2v) is 4.47. The average Bonchev–Trinajstić information content (AvgIpc) is 2.31. The number of ketones is 1. The van der Waals surface area contributed by atoms with Crippen LogP contribution in [0.1, 0.15) is 37.0 Å². The van der Waals surface area contributed by atoms with Crippen molar-refractivity contribution in [2.24, 2.45) is 5.92 Å². The minimum Gasteiger partial charge on any atom is -0.406 e. The topological polar surface area (TPSA) is 26.3 Å². The minimum atomic E-state index is -4.79. The first-order chi connectivity index (χ1) is 8.78. The van der Waals surface area contributed by atoms with Crippen LogP contribution in [0.3, 0.4) is 0 Å². The van der Waals surface area contributed by atoms with Crippen molar-refractivity contribution in [3.8, 4) is 5.75 Å². The van der Waals surface area contributed by atoms with Gasteiger partial charge in [0.25, 0.3) is 0 Å². The van der Waals surface area contributed by atoms with Crippen molar-refractivity contribution in [2.45, 2.75) is 33.1 Å². The second kappa shape index (κ2) is 6.28. The number of ether oxygens (including phenoxy) is 1. The molecule has 0 fully saturated rings. The van der Waals surface area contributed by atoms with Gasteiger partial charge >= 0.3 is 6.36 Å². The van der Waals surface area contributed by atoms with Gasteiger partial charge in [-0.2, -0.15) is 0 Å². The molecule has 1 aromatic rings. The highest BCUT2D eigenvalue weighted by Gasteiger charge is 2.31. The Bertz CT molecular complexity index is 454. The highest BCUT2D eigenvalue weighted by molar-refractivity contribution is 6.34. The fourth-order valence-electron chi connectivity index (χ4n) is 1.77. The average molecular weight is 295 g/mol. The van der Waals surface area contributed by atoms with E-state index in [2.05, 4.69) is 4.74 Å². The predicted octanol–water partition coefficient (Wildman–Crippen LogP) is 4.86. The van der Waals surface area contributed by atoms with E-state index in [1.54, 1.807) is 0 Å². The lowest BCUT2D eigenvalue weighted by atomic mass is 9.93. The van der Waals surface area contributed by atoms with E-state index < -0.39 is 12.1 Å². The van der Waals surface area contributed by atoms with Crippen LogP contribution in [-0.4, -0.2) is 12.1 Å². The van der Waals surface area contributed by atoms with Crippen LogP contribution < -0.4 is 4.74 Å². The van der Waals surface area contributed by atoms with Gasteiger partial charge in [-0.15, -0.1) is 13.2 Å². The van der Waals surface area contributed by atoms with E-state index in [9.17, 15) is 18.0 Å². The molecule has 19 heavy (non-hydrogen) atoms. The van der Waals surface area contributed by atoms with Crippen molar-refractivity contribution < 1.29 is 22.7 Å². The summed E-state index contributed by atoms with van der Waals surface area (Å²) in [4.78, 5) is 12.1. The molecule has 106 valence electrons. The molecule has 1 aromatic carbocycles. The molecule has 6 heteroatoms. The van der Waals surface area contributed by atoms with Gasteiger partial charge in [0.05, 0.1) is 5.02 Å². The van der Waals surface area contributed by atoms with Crippen LogP contribution in [0, 0.1) is 5.92 Å². The summed E-state index contributed by atoms with van der Waals surface area (Å²) in [6, 6.07) is 3.36. The Morgan fingerprint density at radius 2 is 1.89 bits per heavy atom. The van der Waals surface area contributed by atoms with Crippen molar-refractivity contribution in [1.29, 1.82) is 0 Å². The van der Waals surface area contributed by atoms with Crippen molar-refractivity contribution in [1.82, 2.24) is 0 Å². The van der Waals surface area contributed by atoms with Crippen molar-refractivity contribution >= 4 is 17.4 Å². The molecule has 1 rings (SSSR count). The molecule has 0 unspecified atom stereocenters. The monoisotopic (exact) mass is 294 g/mol. The van der Waals surface area contributed by atoms with E-state index in [1.807, 2.05) is 13.8 Å². The number of hydrogen-bond acceptors (Lipinski definition) is 2. The molecule has 0 aliphatic carbocycles. The molecule has 0 spiro atoms. The Balaban J connectivity index is 3.07. The summed E-state index contributed by atoms with van der Waals surface area (Å²) in [7, 11) is 0. The lowest BCUT2D eigenvalue weighted by Crippen LogP contribution is -2.18. The van der Waals surface area contributed by atoms with Crippen LogP contribution in [0.25, 0.3) is 0 Å². The first-order valence-corrected chi connectivity index (χ1v) is 6.25. The Morgan fingerprint density at radius 3 is 2.37 bits per heavy atom. The Hall–Kier alpha value is -1.23. The van der Waals surface area contributed by atoms with Gasteiger partial charge < -0.3 is 4.74 Å². The van der Waals surface area contributed by atoms with Crippen LogP contribution in [0.2, 0.25) is 5.02 Å². The minimum absolute atomic E-state index is 0.0668. The maximum absolute atomic E-state index is 12.1. The number of Topliss-reactive ketones (excluding diaryl/α,β-unsaturated/α-hetero) is 1. The van der Waals surface area contributed by atoms with E-state index in [0.29, 0.717) is 12.8 Å². The highest BCUT2D eigenvalue weighted by Crippen LogP contribution is 2.29. The lowest BCUT2D eigenvalue weighted by Gasteiger charge is -2.14. The molecule has 0 atom stereocenters. The van der Waals surface area contributed by atoms with Crippen LogP contribution >= 0.6 is 11.6 Å². The molecule has 2 nitrogen and oxygen atoms in total. The highest BCUT2D eigenvalue weighted by atomic mass is 35.5. The lowest BCUT2D eigenvalue weighted by molar-refractivity contribution is -0.274. The predicted molar refractivity (Wildman–Crippen MR) is 66.5 cm³/mol. The van der Waals surface area contributed by atoms with Gasteiger partial charge in [0.2, 0.25) is 0 Å². The molecule has 0 heterocycles. The van der Waals surface area contributed by atoms with Crippen molar-refractivity contribution in [2.75, 3.05) is 0 Å². The van der Waals surface area contributed by atoms with E-state index in [4.69, 9.17) is 11.6 Å². The first-order valence-electron chi connectivity index (χ1n) is 5.88. The number of halogens is 4. The van der Waals surface area contributed by atoms with Gasteiger partial charge in [0.1, 0.15) is 5.75 Å². The van der Waals surface area contributed by atoms with Gasteiger partial charge in [-0.05, 0) is 31.0 Å². The molecular formula is C13H14ClF3O2. The summed E-state index contributed by atoms with van der Waals surface area (Å²) >= 11 is 5.86. The molecule has 0 N–H and O–H groups in total. The van der Waals surface area contributed by atoms with E-state index >= 15 is 0 Å². The summed E-state index contributed by atoms with van der Waals surface area (Å²) in [5, 5.41) is 0.131. The maximum atomic E-state index is 12.1. The largest absolute Gasteiger partial charge is 0.573 e. The first kappa shape index (κ1) is 15.8. The summed E-state index contributed by atoms with van der Waals surface area (Å²) in [5.74, 6) is -0.951. The number of carbonyl (C=O) groups excluding carboxylic acids is 1. The van der Waals surface area contributed by atoms with Crippen molar-refractivity contribution in [3.63, 3.8) is 0 Å². The third-order valence-corrected chi connectivity index (χ3v) is 3.12. The molecule has 0 radical (unpaired) electrons. The van der Waals surface area contributed by atoms with Crippen LogP contribution in [0.4, 0.5) is 13.2 Å². The third kappa shape index (κ3) is 4.42. The molecule has 0 aromatic heterocycles. The Kier molecular flexibility index (Phi) is 5.23. The van der Waals surface area contributed by atoms with Crippen molar-refractivity contribution in [3.05, 3.63) is 28.8 Å². The molecule has 0 saturated carbocycles. The van der Waals surface area contributed by atoms with Gasteiger partial charge in [-0.3, -0.25) is 4.79 Å². The summed E-state index contributed by atoms with van der Waals surface area (Å²) in [5.41, 5.74) is 0.0668. The molecule has 0 amide bonds. The summed E-state index contributed by atoms with van der Waals surface area (Å²) < 4.78 is 40.2. The molecule has 0 aliphatic heterocycles.